The van der Waals surface area contributed by atoms with Gasteiger partial charge in [-0.05, 0) is 55.3 Å². The SMILES string of the molecule is CCCCCCCOc1ccc(C(=O)Oc2cccc(C(=O)OCCC)c2)cc1. The molecule has 0 fully saturated rings. The minimum Gasteiger partial charge on any atom is -0.494 e. The highest BCUT2D eigenvalue weighted by molar-refractivity contribution is 5.92. The Kier molecular flexibility index (Phi) is 9.76. The normalized spacial score (nSPS) is 10.4. The van der Waals surface area contributed by atoms with Crippen LogP contribution in [0.2, 0.25) is 0 Å². The molecule has 0 aliphatic heterocycles. The Hall–Kier alpha value is -2.82. The van der Waals surface area contributed by atoms with Crippen LogP contribution in [0, 0.1) is 0 Å². The van der Waals surface area contributed by atoms with Gasteiger partial charge in [-0.25, -0.2) is 9.59 Å². The molecule has 2 aromatic carbocycles. The number of unbranched alkanes of at least 4 members (excludes halogenated alkanes) is 4. The van der Waals surface area contributed by atoms with Gasteiger partial charge in [-0.3, -0.25) is 0 Å². The molecule has 2 rings (SSSR count). The maximum absolute atomic E-state index is 12.4. The summed E-state index contributed by atoms with van der Waals surface area (Å²) in [4.78, 5) is 24.3. The van der Waals surface area contributed by atoms with Crippen molar-refractivity contribution in [2.75, 3.05) is 13.2 Å². The molecule has 0 unspecified atom stereocenters. The Morgan fingerprint density at radius 1 is 0.724 bits per heavy atom. The van der Waals surface area contributed by atoms with Crippen molar-refractivity contribution in [3.63, 3.8) is 0 Å². The molecule has 0 N–H and O–H groups in total. The van der Waals surface area contributed by atoms with Crippen molar-refractivity contribution in [3.8, 4) is 11.5 Å². The van der Waals surface area contributed by atoms with Crippen LogP contribution in [0.1, 0.15) is 73.1 Å². The fourth-order valence-corrected chi connectivity index (χ4v) is 2.71. The molecule has 0 atom stereocenters. The Morgan fingerprint density at radius 2 is 1.48 bits per heavy atom. The highest BCUT2D eigenvalue weighted by Gasteiger charge is 2.12. The Balaban J connectivity index is 1.85. The quantitative estimate of drug-likeness (QED) is 0.256. The van der Waals surface area contributed by atoms with E-state index in [0.717, 1.165) is 18.6 Å². The average molecular weight is 398 g/mol. The number of benzene rings is 2. The Labute approximate surface area is 173 Å². The smallest absolute Gasteiger partial charge is 0.343 e. The Morgan fingerprint density at radius 3 is 2.21 bits per heavy atom. The molecule has 0 bridgehead atoms. The van der Waals surface area contributed by atoms with Crippen LogP contribution in [-0.4, -0.2) is 25.2 Å². The van der Waals surface area contributed by atoms with Gasteiger partial charge in [0.05, 0.1) is 24.3 Å². The van der Waals surface area contributed by atoms with Crippen molar-refractivity contribution >= 4 is 11.9 Å². The number of hydrogen-bond donors (Lipinski definition) is 0. The molecule has 0 spiro atoms. The third kappa shape index (κ3) is 7.98. The van der Waals surface area contributed by atoms with Gasteiger partial charge >= 0.3 is 11.9 Å². The molecule has 0 saturated heterocycles. The molecule has 29 heavy (non-hydrogen) atoms. The van der Waals surface area contributed by atoms with E-state index < -0.39 is 11.9 Å². The van der Waals surface area contributed by atoms with Gasteiger partial charge in [0.1, 0.15) is 11.5 Å². The van der Waals surface area contributed by atoms with E-state index in [1.807, 2.05) is 6.92 Å². The van der Waals surface area contributed by atoms with E-state index in [2.05, 4.69) is 6.92 Å². The van der Waals surface area contributed by atoms with Gasteiger partial charge in [-0.15, -0.1) is 0 Å². The fraction of sp³-hybridized carbons (Fsp3) is 0.417. The molecule has 0 aliphatic rings. The van der Waals surface area contributed by atoms with Gasteiger partial charge in [0, 0.05) is 0 Å². The van der Waals surface area contributed by atoms with Crippen molar-refractivity contribution in [1.82, 2.24) is 0 Å². The minimum atomic E-state index is -0.491. The van der Waals surface area contributed by atoms with E-state index in [-0.39, 0.29) is 0 Å². The first-order valence-electron chi connectivity index (χ1n) is 10.4. The molecule has 0 aromatic heterocycles. The van der Waals surface area contributed by atoms with Crippen LogP contribution in [0.5, 0.6) is 11.5 Å². The molecule has 0 saturated carbocycles. The minimum absolute atomic E-state index is 0.299. The van der Waals surface area contributed by atoms with Crippen molar-refractivity contribution in [2.45, 2.75) is 52.4 Å². The number of carbonyl (C=O) groups excluding carboxylic acids is 2. The van der Waals surface area contributed by atoms with Crippen LogP contribution >= 0.6 is 0 Å². The van der Waals surface area contributed by atoms with Gasteiger partial charge in [-0.1, -0.05) is 45.6 Å². The van der Waals surface area contributed by atoms with E-state index in [0.29, 0.717) is 30.1 Å². The van der Waals surface area contributed by atoms with E-state index in [9.17, 15) is 9.59 Å². The second-order valence-electron chi connectivity index (χ2n) is 6.84. The summed E-state index contributed by atoms with van der Waals surface area (Å²) in [6.45, 7) is 5.15. The first kappa shape index (κ1) is 22.5. The lowest BCUT2D eigenvalue weighted by atomic mass is 10.2. The number of esters is 2. The van der Waals surface area contributed by atoms with E-state index in [4.69, 9.17) is 14.2 Å². The summed E-state index contributed by atoms with van der Waals surface area (Å²) in [5, 5.41) is 0. The lowest BCUT2D eigenvalue weighted by Crippen LogP contribution is -2.10. The molecule has 0 radical (unpaired) electrons. The van der Waals surface area contributed by atoms with Crippen molar-refractivity contribution < 1.29 is 23.8 Å². The van der Waals surface area contributed by atoms with Crippen LogP contribution in [0.25, 0.3) is 0 Å². The summed E-state index contributed by atoms with van der Waals surface area (Å²) in [5.41, 5.74) is 0.769. The van der Waals surface area contributed by atoms with Crippen LogP contribution in [0.4, 0.5) is 0 Å². The second-order valence-corrected chi connectivity index (χ2v) is 6.84. The van der Waals surface area contributed by atoms with Crippen LogP contribution in [0.15, 0.2) is 48.5 Å². The third-order valence-corrected chi connectivity index (χ3v) is 4.32. The zero-order valence-electron chi connectivity index (χ0n) is 17.3. The monoisotopic (exact) mass is 398 g/mol. The largest absolute Gasteiger partial charge is 0.494 e. The van der Waals surface area contributed by atoms with E-state index in [1.54, 1.807) is 42.5 Å². The third-order valence-electron chi connectivity index (χ3n) is 4.32. The highest BCUT2D eigenvalue weighted by atomic mass is 16.5. The van der Waals surface area contributed by atoms with Gasteiger partial charge in [-0.2, -0.15) is 0 Å². The molecular weight excluding hydrogens is 368 g/mol. The summed E-state index contributed by atoms with van der Waals surface area (Å²) in [5.74, 6) is 0.113. The lowest BCUT2D eigenvalue weighted by molar-refractivity contribution is 0.0503. The first-order valence-corrected chi connectivity index (χ1v) is 10.4. The fourth-order valence-electron chi connectivity index (χ4n) is 2.71. The highest BCUT2D eigenvalue weighted by Crippen LogP contribution is 2.18. The summed E-state index contributed by atoms with van der Waals surface area (Å²) in [7, 11) is 0. The topological polar surface area (TPSA) is 61.8 Å². The van der Waals surface area contributed by atoms with Crippen molar-refractivity contribution in [1.29, 1.82) is 0 Å². The van der Waals surface area contributed by atoms with Crippen LogP contribution in [0.3, 0.4) is 0 Å². The van der Waals surface area contributed by atoms with Gasteiger partial charge in [0.15, 0.2) is 0 Å². The average Bonchev–Trinajstić information content (AvgIpc) is 2.75. The van der Waals surface area contributed by atoms with Gasteiger partial charge in [0.25, 0.3) is 0 Å². The predicted molar refractivity (Wildman–Crippen MR) is 113 cm³/mol. The predicted octanol–water partition coefficient (Wildman–Crippen LogP) is 5.82. The lowest BCUT2D eigenvalue weighted by Gasteiger charge is -2.08. The number of ether oxygens (including phenoxy) is 3. The van der Waals surface area contributed by atoms with Gasteiger partial charge in [0.2, 0.25) is 0 Å². The molecule has 0 amide bonds. The number of hydrogen-bond acceptors (Lipinski definition) is 5. The van der Waals surface area contributed by atoms with E-state index in [1.165, 1.54) is 31.7 Å². The molecule has 156 valence electrons. The summed E-state index contributed by atoms with van der Waals surface area (Å²) in [6, 6.07) is 13.3. The number of carbonyl (C=O) groups is 2. The molecule has 5 nitrogen and oxygen atoms in total. The van der Waals surface area contributed by atoms with Gasteiger partial charge < -0.3 is 14.2 Å². The molecule has 0 aliphatic carbocycles. The summed E-state index contributed by atoms with van der Waals surface area (Å²) < 4.78 is 16.2. The van der Waals surface area contributed by atoms with Crippen LogP contribution in [-0.2, 0) is 4.74 Å². The zero-order valence-corrected chi connectivity index (χ0v) is 17.3. The number of rotatable bonds is 12. The van der Waals surface area contributed by atoms with Crippen molar-refractivity contribution in [3.05, 3.63) is 59.7 Å². The zero-order chi connectivity index (χ0) is 20.9. The second kappa shape index (κ2) is 12.6. The summed E-state index contributed by atoms with van der Waals surface area (Å²) >= 11 is 0. The van der Waals surface area contributed by atoms with Crippen LogP contribution < -0.4 is 9.47 Å². The Bertz CT molecular complexity index is 767. The maximum Gasteiger partial charge on any atom is 0.343 e. The molecule has 0 heterocycles. The van der Waals surface area contributed by atoms with E-state index >= 15 is 0 Å². The standard InChI is InChI=1S/C24H30O5/c1-3-5-6-7-8-17-27-21-14-12-19(13-15-21)24(26)29-22-11-9-10-20(18-22)23(25)28-16-4-2/h9-15,18H,3-8,16-17H2,1-2H3. The molecular formula is C24H30O5. The first-order chi connectivity index (χ1) is 14.1. The molecule has 5 heteroatoms. The maximum atomic E-state index is 12.4. The van der Waals surface area contributed by atoms with Crippen molar-refractivity contribution in [2.24, 2.45) is 0 Å². The summed E-state index contributed by atoms with van der Waals surface area (Å²) in [6.07, 6.45) is 6.68. The molecule has 2 aromatic rings.